The number of amides is 1. The van der Waals surface area contributed by atoms with Crippen molar-refractivity contribution in [2.45, 2.75) is 31.3 Å². The maximum atomic E-state index is 15.2. The molecule has 1 amide bonds. The summed E-state index contributed by atoms with van der Waals surface area (Å²) in [5, 5.41) is 11.3. The summed E-state index contributed by atoms with van der Waals surface area (Å²) in [4.78, 5) is 18.0. The van der Waals surface area contributed by atoms with E-state index in [1.165, 1.54) is 11.0 Å². The molecule has 1 aliphatic rings. The Balaban J connectivity index is 1.64. The molecule has 5 rings (SSSR count). The molecule has 0 saturated heterocycles. The van der Waals surface area contributed by atoms with Gasteiger partial charge >= 0.3 is 0 Å². The second-order valence-electron chi connectivity index (χ2n) is 8.15. The van der Waals surface area contributed by atoms with E-state index >= 15 is 4.39 Å². The average molecular weight is 498 g/mol. The molecule has 2 aromatic carbocycles. The molecule has 2 aromatic heterocycles. The molecule has 180 valence electrons. The fourth-order valence-electron chi connectivity index (χ4n) is 3.73. The zero-order valence-electron chi connectivity index (χ0n) is 18.6. The van der Waals surface area contributed by atoms with Gasteiger partial charge in [0.15, 0.2) is 9.84 Å². The Hall–Kier alpha value is -3.97. The Labute approximate surface area is 198 Å². The predicted molar refractivity (Wildman–Crippen MR) is 120 cm³/mol. The van der Waals surface area contributed by atoms with Crippen LogP contribution in [0.1, 0.15) is 17.0 Å². The van der Waals surface area contributed by atoms with Crippen LogP contribution in [0.4, 0.5) is 10.1 Å². The van der Waals surface area contributed by atoms with Crippen LogP contribution in [0.5, 0.6) is 0 Å². The third kappa shape index (κ3) is 4.19. The van der Waals surface area contributed by atoms with E-state index in [-0.39, 0.29) is 46.2 Å². The molecule has 4 aromatic rings. The lowest BCUT2D eigenvalue weighted by Gasteiger charge is -2.24. The van der Waals surface area contributed by atoms with Gasteiger partial charge in [-0.25, -0.2) is 12.8 Å². The second kappa shape index (κ2) is 8.36. The highest BCUT2D eigenvalue weighted by molar-refractivity contribution is 7.91. The SMILES string of the molecule is Cc1ccc(CN2C(=O)[C@@H](N)CS(=O)(=O)c3cc(F)c(-c4nnc(-c5noc(C)n5)o4)cc32)cc1. The molecule has 11 nitrogen and oxygen atoms in total. The normalized spacial score (nSPS) is 17.3. The van der Waals surface area contributed by atoms with Crippen LogP contribution in [-0.2, 0) is 21.2 Å². The number of halogens is 1. The number of rotatable bonds is 4. The number of anilines is 1. The molecule has 3 heterocycles. The van der Waals surface area contributed by atoms with Crippen molar-refractivity contribution < 1.29 is 26.5 Å². The highest BCUT2D eigenvalue weighted by Crippen LogP contribution is 2.37. The molecular weight excluding hydrogens is 479 g/mol. The van der Waals surface area contributed by atoms with Crippen molar-refractivity contribution in [1.82, 2.24) is 20.3 Å². The number of sulfone groups is 1. The van der Waals surface area contributed by atoms with E-state index in [1.807, 2.05) is 31.2 Å². The largest absolute Gasteiger partial charge is 0.413 e. The Morgan fingerprint density at radius 2 is 1.86 bits per heavy atom. The molecule has 1 aliphatic heterocycles. The third-order valence-corrected chi connectivity index (χ3v) is 7.29. The molecule has 0 bridgehead atoms. The summed E-state index contributed by atoms with van der Waals surface area (Å²) in [7, 11) is -4.08. The van der Waals surface area contributed by atoms with E-state index in [9.17, 15) is 13.2 Å². The summed E-state index contributed by atoms with van der Waals surface area (Å²) in [5.41, 5.74) is 7.45. The van der Waals surface area contributed by atoms with Gasteiger partial charge in [0.25, 0.3) is 17.6 Å². The van der Waals surface area contributed by atoms with Crippen molar-refractivity contribution in [1.29, 1.82) is 0 Å². The minimum Gasteiger partial charge on any atom is -0.413 e. The van der Waals surface area contributed by atoms with Crippen molar-refractivity contribution in [2.75, 3.05) is 10.7 Å². The van der Waals surface area contributed by atoms with Gasteiger partial charge in [0.1, 0.15) is 5.82 Å². The van der Waals surface area contributed by atoms with Gasteiger partial charge in [0.05, 0.1) is 34.5 Å². The summed E-state index contributed by atoms with van der Waals surface area (Å²) < 4.78 is 51.5. The van der Waals surface area contributed by atoms with E-state index in [2.05, 4.69) is 20.3 Å². The zero-order valence-corrected chi connectivity index (χ0v) is 19.4. The monoisotopic (exact) mass is 498 g/mol. The van der Waals surface area contributed by atoms with Crippen molar-refractivity contribution in [2.24, 2.45) is 5.73 Å². The fourth-order valence-corrected chi connectivity index (χ4v) is 5.30. The summed E-state index contributed by atoms with van der Waals surface area (Å²) >= 11 is 0. The van der Waals surface area contributed by atoms with Crippen molar-refractivity contribution in [3.05, 3.63) is 59.2 Å². The highest BCUT2D eigenvalue weighted by Gasteiger charge is 2.37. The average Bonchev–Trinajstić information content (AvgIpc) is 3.45. The fraction of sp³-hybridized carbons (Fsp3) is 0.227. The Morgan fingerprint density at radius 1 is 1.14 bits per heavy atom. The van der Waals surface area contributed by atoms with Crippen molar-refractivity contribution in [3.63, 3.8) is 0 Å². The van der Waals surface area contributed by atoms with Crippen LogP contribution >= 0.6 is 0 Å². The molecule has 0 aliphatic carbocycles. The van der Waals surface area contributed by atoms with Crippen LogP contribution in [0.25, 0.3) is 23.2 Å². The van der Waals surface area contributed by atoms with Crippen LogP contribution in [0.15, 0.2) is 50.2 Å². The molecule has 35 heavy (non-hydrogen) atoms. The number of hydrogen-bond acceptors (Lipinski definition) is 10. The van der Waals surface area contributed by atoms with E-state index in [4.69, 9.17) is 14.7 Å². The summed E-state index contributed by atoms with van der Waals surface area (Å²) in [6.07, 6.45) is 0. The van der Waals surface area contributed by atoms with Crippen LogP contribution in [-0.4, -0.2) is 46.5 Å². The molecule has 0 radical (unpaired) electrons. The smallest absolute Gasteiger partial charge is 0.289 e. The first kappa shape index (κ1) is 22.8. The minimum absolute atomic E-state index is 0.0149. The summed E-state index contributed by atoms with van der Waals surface area (Å²) in [6.45, 7) is 3.52. The molecule has 13 heteroatoms. The molecule has 0 fully saturated rings. The van der Waals surface area contributed by atoms with Crippen LogP contribution in [0, 0.1) is 19.7 Å². The lowest BCUT2D eigenvalue weighted by Crippen LogP contribution is -2.45. The lowest BCUT2D eigenvalue weighted by molar-refractivity contribution is -0.119. The second-order valence-corrected chi connectivity index (χ2v) is 10.1. The first-order chi connectivity index (χ1) is 16.6. The Kier molecular flexibility index (Phi) is 5.44. The standard InChI is InChI=1S/C22H19FN6O5S/c1-11-3-5-13(6-4-11)9-29-17-7-14(20-26-27-21(33-20)19-25-12(2)34-28-19)15(23)8-18(17)35(31,32)10-16(24)22(29)30/h3-8,16H,9-10,24H2,1-2H3/t16-/m0/s1. The van der Waals surface area contributed by atoms with Crippen LogP contribution in [0.3, 0.4) is 0 Å². The minimum atomic E-state index is -4.08. The molecule has 0 unspecified atom stereocenters. The molecule has 0 spiro atoms. The van der Waals surface area contributed by atoms with Gasteiger partial charge in [0.2, 0.25) is 11.8 Å². The summed E-state index contributed by atoms with van der Waals surface area (Å²) in [6, 6.07) is 8.08. The number of fused-ring (bicyclic) bond motifs is 1. The Morgan fingerprint density at radius 3 is 2.54 bits per heavy atom. The quantitative estimate of drug-likeness (QED) is 0.442. The van der Waals surface area contributed by atoms with Gasteiger partial charge in [-0.15, -0.1) is 10.2 Å². The van der Waals surface area contributed by atoms with Crippen molar-refractivity contribution >= 4 is 21.4 Å². The Bertz CT molecular complexity index is 1550. The number of benzene rings is 2. The number of aromatic nitrogens is 4. The first-order valence-corrected chi connectivity index (χ1v) is 12.1. The molecule has 2 N–H and O–H groups in total. The van der Waals surface area contributed by atoms with Gasteiger partial charge in [-0.1, -0.05) is 35.0 Å². The van der Waals surface area contributed by atoms with Crippen molar-refractivity contribution in [3.8, 4) is 23.2 Å². The zero-order chi connectivity index (χ0) is 24.9. The van der Waals surface area contributed by atoms with E-state index in [0.717, 1.165) is 17.2 Å². The van der Waals surface area contributed by atoms with E-state index in [0.29, 0.717) is 0 Å². The predicted octanol–water partition coefficient (Wildman–Crippen LogP) is 2.19. The number of carbonyl (C=O) groups is 1. The maximum absolute atomic E-state index is 15.2. The number of nitrogens with two attached hydrogens (primary N) is 1. The molecular formula is C22H19FN6O5S. The number of hydrogen-bond donors (Lipinski definition) is 1. The van der Waals surface area contributed by atoms with Crippen LogP contribution < -0.4 is 10.6 Å². The first-order valence-electron chi connectivity index (χ1n) is 10.5. The maximum Gasteiger partial charge on any atom is 0.289 e. The van der Waals surface area contributed by atoms with Gasteiger partial charge in [0, 0.05) is 6.92 Å². The number of nitrogens with zero attached hydrogens (tertiary/aromatic N) is 5. The van der Waals surface area contributed by atoms with E-state index in [1.54, 1.807) is 6.92 Å². The van der Waals surface area contributed by atoms with Gasteiger partial charge in [-0.2, -0.15) is 4.98 Å². The van der Waals surface area contributed by atoms with Gasteiger partial charge in [-0.3, -0.25) is 4.79 Å². The van der Waals surface area contributed by atoms with Gasteiger partial charge in [-0.05, 0) is 24.6 Å². The third-order valence-electron chi connectivity index (χ3n) is 5.49. The summed E-state index contributed by atoms with van der Waals surface area (Å²) in [5.74, 6) is -2.28. The highest BCUT2D eigenvalue weighted by atomic mass is 32.2. The van der Waals surface area contributed by atoms with Crippen LogP contribution in [0.2, 0.25) is 0 Å². The lowest BCUT2D eigenvalue weighted by atomic mass is 10.1. The molecule has 1 atom stereocenters. The topological polar surface area (TPSA) is 158 Å². The molecule has 0 saturated carbocycles. The van der Waals surface area contributed by atoms with E-state index < -0.39 is 33.4 Å². The number of carbonyl (C=O) groups excluding carboxylic acids is 1. The number of aryl methyl sites for hydroxylation is 2. The van der Waals surface area contributed by atoms with Gasteiger partial charge < -0.3 is 19.6 Å².